The van der Waals surface area contributed by atoms with Crippen molar-refractivity contribution in [1.29, 1.82) is 0 Å². The molecule has 0 aromatic carbocycles. The standard InChI is InChI=1S/C11H18N4O2S/c1-2-12-11-13-8-10(9-14-11)18(16,17)15-6-4-3-5-7-15/h8-9H,2-7H2,1H3,(H,12,13,14). The fraction of sp³-hybridized carbons (Fsp3) is 0.636. The third-order valence-electron chi connectivity index (χ3n) is 2.92. The van der Waals surface area contributed by atoms with E-state index in [1.54, 1.807) is 0 Å². The lowest BCUT2D eigenvalue weighted by atomic mass is 10.2. The summed E-state index contributed by atoms with van der Waals surface area (Å²) >= 11 is 0. The molecule has 0 unspecified atom stereocenters. The van der Waals surface area contributed by atoms with Crippen LogP contribution in [0.1, 0.15) is 26.2 Å². The van der Waals surface area contributed by atoms with Gasteiger partial charge in [-0.05, 0) is 19.8 Å². The van der Waals surface area contributed by atoms with Crippen molar-refractivity contribution in [2.75, 3.05) is 25.0 Å². The molecule has 0 atom stereocenters. The maximum atomic E-state index is 12.3. The summed E-state index contributed by atoms with van der Waals surface area (Å²) in [5.74, 6) is 0.454. The van der Waals surface area contributed by atoms with Crippen molar-refractivity contribution in [1.82, 2.24) is 14.3 Å². The molecule has 1 aliphatic rings. The van der Waals surface area contributed by atoms with Crippen molar-refractivity contribution in [2.45, 2.75) is 31.1 Å². The predicted molar refractivity (Wildman–Crippen MR) is 68.8 cm³/mol. The van der Waals surface area contributed by atoms with E-state index in [0.717, 1.165) is 19.3 Å². The second-order valence-electron chi connectivity index (χ2n) is 4.24. The van der Waals surface area contributed by atoms with Gasteiger partial charge in [0.2, 0.25) is 16.0 Å². The predicted octanol–water partition coefficient (Wildman–Crippen LogP) is 1.08. The van der Waals surface area contributed by atoms with Gasteiger partial charge in [-0.25, -0.2) is 18.4 Å². The zero-order chi connectivity index (χ0) is 13.0. The van der Waals surface area contributed by atoms with Crippen LogP contribution in [0.3, 0.4) is 0 Å². The number of rotatable bonds is 4. The van der Waals surface area contributed by atoms with Crippen molar-refractivity contribution in [3.63, 3.8) is 0 Å². The van der Waals surface area contributed by atoms with Gasteiger partial charge in [-0.2, -0.15) is 4.31 Å². The number of sulfonamides is 1. The van der Waals surface area contributed by atoms with Crippen LogP contribution in [0.25, 0.3) is 0 Å². The molecule has 0 saturated carbocycles. The first-order valence-corrected chi connectivity index (χ1v) is 7.64. The van der Waals surface area contributed by atoms with Gasteiger partial charge in [0.05, 0.1) is 12.4 Å². The Labute approximate surface area is 107 Å². The van der Waals surface area contributed by atoms with Crippen molar-refractivity contribution in [3.8, 4) is 0 Å². The van der Waals surface area contributed by atoms with Crippen LogP contribution in [-0.2, 0) is 10.0 Å². The molecule has 2 heterocycles. The van der Waals surface area contributed by atoms with E-state index in [1.807, 2.05) is 6.92 Å². The van der Waals surface area contributed by atoms with E-state index in [1.165, 1.54) is 16.7 Å². The molecule has 1 aromatic rings. The van der Waals surface area contributed by atoms with Crippen LogP contribution in [0.4, 0.5) is 5.95 Å². The van der Waals surface area contributed by atoms with Crippen LogP contribution in [0.5, 0.6) is 0 Å². The quantitative estimate of drug-likeness (QED) is 0.886. The summed E-state index contributed by atoms with van der Waals surface area (Å²) in [6.07, 6.45) is 5.69. The Morgan fingerprint density at radius 1 is 1.22 bits per heavy atom. The number of hydrogen-bond acceptors (Lipinski definition) is 5. The smallest absolute Gasteiger partial charge is 0.246 e. The normalized spacial score (nSPS) is 17.6. The number of anilines is 1. The Morgan fingerprint density at radius 3 is 2.39 bits per heavy atom. The molecule has 0 spiro atoms. The molecule has 1 N–H and O–H groups in total. The van der Waals surface area contributed by atoms with Crippen LogP contribution < -0.4 is 5.32 Å². The van der Waals surface area contributed by atoms with Gasteiger partial charge in [0, 0.05) is 19.6 Å². The SMILES string of the molecule is CCNc1ncc(S(=O)(=O)N2CCCCC2)cn1. The van der Waals surface area contributed by atoms with Crippen LogP contribution in [0, 0.1) is 0 Å². The minimum Gasteiger partial charge on any atom is -0.355 e. The molecular formula is C11H18N4O2S. The van der Waals surface area contributed by atoms with Gasteiger partial charge in [0.15, 0.2) is 0 Å². The van der Waals surface area contributed by atoms with Crippen LogP contribution in [0.15, 0.2) is 17.3 Å². The second-order valence-corrected chi connectivity index (χ2v) is 6.18. The first-order chi connectivity index (χ1) is 8.64. The van der Waals surface area contributed by atoms with E-state index < -0.39 is 10.0 Å². The lowest BCUT2D eigenvalue weighted by molar-refractivity contribution is 0.346. The maximum absolute atomic E-state index is 12.3. The number of aromatic nitrogens is 2. The molecule has 1 saturated heterocycles. The molecule has 0 bridgehead atoms. The fourth-order valence-corrected chi connectivity index (χ4v) is 3.36. The highest BCUT2D eigenvalue weighted by molar-refractivity contribution is 7.89. The largest absolute Gasteiger partial charge is 0.355 e. The van der Waals surface area contributed by atoms with Gasteiger partial charge in [0.25, 0.3) is 0 Å². The molecule has 18 heavy (non-hydrogen) atoms. The fourth-order valence-electron chi connectivity index (χ4n) is 1.95. The van der Waals surface area contributed by atoms with E-state index >= 15 is 0 Å². The summed E-state index contributed by atoms with van der Waals surface area (Å²) in [6.45, 7) is 3.83. The number of nitrogens with one attached hydrogen (secondary N) is 1. The van der Waals surface area contributed by atoms with Crippen molar-refractivity contribution in [3.05, 3.63) is 12.4 Å². The highest BCUT2D eigenvalue weighted by Crippen LogP contribution is 2.19. The van der Waals surface area contributed by atoms with E-state index in [4.69, 9.17) is 0 Å². The molecule has 1 aliphatic heterocycles. The molecule has 0 radical (unpaired) electrons. The highest BCUT2D eigenvalue weighted by Gasteiger charge is 2.26. The molecule has 1 fully saturated rings. The summed E-state index contributed by atoms with van der Waals surface area (Å²) < 4.78 is 26.1. The summed E-state index contributed by atoms with van der Waals surface area (Å²) in [5.41, 5.74) is 0. The molecule has 1 aromatic heterocycles. The van der Waals surface area contributed by atoms with E-state index in [9.17, 15) is 8.42 Å². The van der Waals surface area contributed by atoms with Crippen LogP contribution in [0.2, 0.25) is 0 Å². The molecule has 2 rings (SSSR count). The van der Waals surface area contributed by atoms with Gasteiger partial charge in [-0.1, -0.05) is 6.42 Å². The lowest BCUT2D eigenvalue weighted by Gasteiger charge is -2.25. The van der Waals surface area contributed by atoms with E-state index in [0.29, 0.717) is 25.6 Å². The van der Waals surface area contributed by atoms with Gasteiger partial charge < -0.3 is 5.32 Å². The topological polar surface area (TPSA) is 75.2 Å². The molecule has 0 aliphatic carbocycles. The first-order valence-electron chi connectivity index (χ1n) is 6.20. The Hall–Kier alpha value is -1.21. The first kappa shape index (κ1) is 13.2. The van der Waals surface area contributed by atoms with Crippen molar-refractivity contribution >= 4 is 16.0 Å². The zero-order valence-corrected chi connectivity index (χ0v) is 11.3. The Kier molecular flexibility index (Phi) is 4.13. The van der Waals surface area contributed by atoms with Gasteiger partial charge in [-0.15, -0.1) is 0 Å². The minimum absolute atomic E-state index is 0.172. The number of nitrogens with zero attached hydrogens (tertiary/aromatic N) is 3. The molecule has 100 valence electrons. The number of piperidine rings is 1. The molecular weight excluding hydrogens is 252 g/mol. The average molecular weight is 270 g/mol. The summed E-state index contributed by atoms with van der Waals surface area (Å²) in [7, 11) is -3.41. The second kappa shape index (κ2) is 5.62. The summed E-state index contributed by atoms with van der Waals surface area (Å²) in [4.78, 5) is 8.18. The third-order valence-corrected chi connectivity index (χ3v) is 4.77. The maximum Gasteiger partial charge on any atom is 0.246 e. The third kappa shape index (κ3) is 2.78. The lowest BCUT2D eigenvalue weighted by Crippen LogP contribution is -2.35. The van der Waals surface area contributed by atoms with E-state index in [-0.39, 0.29) is 4.90 Å². The summed E-state index contributed by atoms with van der Waals surface area (Å²) in [6, 6.07) is 0. The highest BCUT2D eigenvalue weighted by atomic mass is 32.2. The Bertz CT molecular complexity index is 480. The van der Waals surface area contributed by atoms with Crippen molar-refractivity contribution < 1.29 is 8.42 Å². The number of hydrogen-bond donors (Lipinski definition) is 1. The molecule has 0 amide bonds. The zero-order valence-electron chi connectivity index (χ0n) is 10.5. The molecule has 6 nitrogen and oxygen atoms in total. The van der Waals surface area contributed by atoms with E-state index in [2.05, 4.69) is 15.3 Å². The van der Waals surface area contributed by atoms with Gasteiger partial charge >= 0.3 is 0 Å². The Balaban J connectivity index is 2.18. The summed E-state index contributed by atoms with van der Waals surface area (Å²) in [5, 5.41) is 2.94. The Morgan fingerprint density at radius 2 is 1.83 bits per heavy atom. The minimum atomic E-state index is -3.41. The van der Waals surface area contributed by atoms with Gasteiger partial charge in [-0.3, -0.25) is 0 Å². The van der Waals surface area contributed by atoms with Crippen molar-refractivity contribution in [2.24, 2.45) is 0 Å². The average Bonchev–Trinajstić information content (AvgIpc) is 2.41. The van der Waals surface area contributed by atoms with Gasteiger partial charge in [0.1, 0.15) is 4.90 Å². The van der Waals surface area contributed by atoms with Crippen LogP contribution >= 0.6 is 0 Å². The monoisotopic (exact) mass is 270 g/mol. The van der Waals surface area contributed by atoms with Crippen LogP contribution in [-0.4, -0.2) is 42.3 Å². The molecule has 7 heteroatoms.